The first-order chi connectivity index (χ1) is 18.3. The lowest BCUT2D eigenvalue weighted by Gasteiger charge is -2.45. The van der Waals surface area contributed by atoms with Crippen LogP contribution in [0.4, 0.5) is 23.2 Å². The van der Waals surface area contributed by atoms with E-state index in [-0.39, 0.29) is 23.9 Å². The van der Waals surface area contributed by atoms with Crippen LogP contribution in [-0.4, -0.2) is 71.1 Å². The van der Waals surface area contributed by atoms with Gasteiger partial charge in [0.1, 0.15) is 35.6 Å². The number of ether oxygens (including phenoxy) is 2. The first kappa shape index (κ1) is 30.5. The van der Waals surface area contributed by atoms with Crippen LogP contribution in [0.25, 0.3) is 0 Å². The van der Waals surface area contributed by atoms with Gasteiger partial charge in [0.2, 0.25) is 5.91 Å². The molecule has 1 spiro atoms. The second-order valence-corrected chi connectivity index (χ2v) is 9.86. The number of benzene rings is 2. The number of carboxylic acid groups (broad SMARTS) is 1. The van der Waals surface area contributed by atoms with Gasteiger partial charge >= 0.3 is 12.1 Å². The molecule has 2 aromatic rings. The summed E-state index contributed by atoms with van der Waals surface area (Å²) in [5, 5.41) is 20.9. The number of carbonyl (C=O) groups excluding carboxylic acids is 1. The van der Waals surface area contributed by atoms with Crippen molar-refractivity contribution < 1.29 is 46.8 Å². The zero-order valence-electron chi connectivity index (χ0n) is 21.1. The van der Waals surface area contributed by atoms with Gasteiger partial charge < -0.3 is 29.9 Å². The molecule has 0 saturated carbocycles. The fraction of sp³-hybridized carbons (Fsp3) is 0.462. The molecule has 1 fully saturated rings. The van der Waals surface area contributed by atoms with Crippen molar-refractivity contribution in [2.75, 3.05) is 31.6 Å². The number of rotatable bonds is 6. The van der Waals surface area contributed by atoms with Crippen molar-refractivity contribution >= 4 is 29.2 Å². The van der Waals surface area contributed by atoms with Gasteiger partial charge in [-0.2, -0.15) is 13.2 Å². The van der Waals surface area contributed by atoms with Gasteiger partial charge in [-0.3, -0.25) is 4.79 Å². The van der Waals surface area contributed by atoms with E-state index in [1.54, 1.807) is 0 Å². The average Bonchev–Trinajstić information content (AvgIpc) is 2.85. The number of β-amino-alcohol motifs (C(OH)–C–C–N with tert-alkyl or cyclic N) is 1. The average molecular weight is 577 g/mol. The molecule has 1 saturated heterocycles. The second-order valence-electron chi connectivity index (χ2n) is 9.43. The number of likely N-dealkylation sites (tertiary alicyclic amines) is 1. The summed E-state index contributed by atoms with van der Waals surface area (Å²) in [6, 6.07) is 9.69. The first-order valence-electron chi connectivity index (χ1n) is 12.1. The van der Waals surface area contributed by atoms with Gasteiger partial charge in [0.25, 0.3) is 0 Å². The molecule has 0 bridgehead atoms. The zero-order valence-corrected chi connectivity index (χ0v) is 21.8. The number of amides is 1. The van der Waals surface area contributed by atoms with E-state index in [9.17, 15) is 27.5 Å². The van der Waals surface area contributed by atoms with Crippen LogP contribution in [0, 0.1) is 5.82 Å². The number of carbonyl (C=O) groups is 2. The summed E-state index contributed by atoms with van der Waals surface area (Å²) in [4.78, 5) is 22.4. The Balaban J connectivity index is 0.000000532. The van der Waals surface area contributed by atoms with Crippen LogP contribution in [0.3, 0.4) is 0 Å². The number of aliphatic hydroxyl groups excluding tert-OH is 1. The third-order valence-electron chi connectivity index (χ3n) is 6.36. The number of hydrogen-bond acceptors (Lipinski definition) is 6. The lowest BCUT2D eigenvalue weighted by Crippen LogP contribution is -2.51. The largest absolute Gasteiger partial charge is 0.490 e. The topological polar surface area (TPSA) is 108 Å². The van der Waals surface area contributed by atoms with E-state index >= 15 is 0 Å². The van der Waals surface area contributed by atoms with E-state index in [4.69, 9.17) is 31.0 Å². The molecule has 0 aliphatic carbocycles. The molecule has 1 atom stereocenters. The molecule has 2 aromatic carbocycles. The lowest BCUT2D eigenvalue weighted by molar-refractivity contribution is -0.192. The normalized spacial score (nSPS) is 17.2. The molecule has 39 heavy (non-hydrogen) atoms. The highest BCUT2D eigenvalue weighted by Crippen LogP contribution is 2.40. The van der Waals surface area contributed by atoms with Gasteiger partial charge in [0.15, 0.2) is 0 Å². The number of anilines is 1. The van der Waals surface area contributed by atoms with Gasteiger partial charge in [-0.1, -0.05) is 11.6 Å². The minimum atomic E-state index is -5.08. The second kappa shape index (κ2) is 12.8. The predicted octanol–water partition coefficient (Wildman–Crippen LogP) is 4.67. The summed E-state index contributed by atoms with van der Waals surface area (Å²) in [6.45, 7) is 3.46. The molecule has 2 aliphatic heterocycles. The molecule has 0 radical (unpaired) electrons. The number of nitrogens with zero attached hydrogens (tertiary/aromatic N) is 1. The summed E-state index contributed by atoms with van der Waals surface area (Å²) in [6.07, 6.45) is -2.13. The van der Waals surface area contributed by atoms with Crippen LogP contribution in [0.5, 0.6) is 11.5 Å². The van der Waals surface area contributed by atoms with E-state index in [0.29, 0.717) is 12.2 Å². The third kappa shape index (κ3) is 8.97. The Kier molecular flexibility index (Phi) is 10.0. The number of aliphatic hydroxyl groups is 1. The maximum Gasteiger partial charge on any atom is 0.490 e. The minimum absolute atomic E-state index is 0.00230. The monoisotopic (exact) mass is 576 g/mol. The van der Waals surface area contributed by atoms with Crippen molar-refractivity contribution in [2.45, 2.75) is 50.5 Å². The number of halogens is 5. The van der Waals surface area contributed by atoms with Crippen LogP contribution < -0.4 is 14.8 Å². The van der Waals surface area contributed by atoms with Gasteiger partial charge in [-0.15, -0.1) is 0 Å². The van der Waals surface area contributed by atoms with E-state index in [0.717, 1.165) is 55.1 Å². The predicted molar refractivity (Wildman–Crippen MR) is 135 cm³/mol. The smallest absolute Gasteiger partial charge is 0.489 e. The maximum absolute atomic E-state index is 13.6. The summed E-state index contributed by atoms with van der Waals surface area (Å²) in [5.74, 6) is -2.38. The fourth-order valence-corrected chi connectivity index (χ4v) is 4.62. The van der Waals surface area contributed by atoms with Gasteiger partial charge in [-0.05, 0) is 61.6 Å². The molecule has 2 heterocycles. The maximum atomic E-state index is 13.6. The van der Waals surface area contributed by atoms with Crippen molar-refractivity contribution in [3.05, 3.63) is 52.8 Å². The van der Waals surface area contributed by atoms with E-state index < -0.39 is 24.1 Å². The van der Waals surface area contributed by atoms with Crippen LogP contribution in [0.15, 0.2) is 36.4 Å². The third-order valence-corrected chi connectivity index (χ3v) is 6.60. The molecule has 0 unspecified atom stereocenters. The lowest BCUT2D eigenvalue weighted by atomic mass is 9.83. The first-order valence-corrected chi connectivity index (χ1v) is 12.5. The number of nitrogens with one attached hydrogen (secondary N) is 1. The number of fused-ring (bicyclic) bond motifs is 1. The quantitative estimate of drug-likeness (QED) is 0.429. The standard InChI is InChI=1S/C24H28ClFN2O4.C2HF3O2/c1-16(29)27-21-4-3-19(26)13-23(21)31-15-20(30)14-28-10-8-24(9-11-28)7-6-17-12-18(25)2-5-22(17)32-24;3-2(4,5)1(6)7/h2-5,12-13,20,30H,6-11,14-15H2,1H3,(H,27,29);(H,6,7)/t20-;/m0./s1. The fourth-order valence-electron chi connectivity index (χ4n) is 4.43. The molecular formula is C26H29ClF4N2O6. The Hall–Kier alpha value is -3.09. The Morgan fingerprint density at radius 1 is 1.18 bits per heavy atom. The van der Waals surface area contributed by atoms with Gasteiger partial charge in [0.05, 0.1) is 5.69 Å². The highest BCUT2D eigenvalue weighted by molar-refractivity contribution is 6.30. The van der Waals surface area contributed by atoms with Crippen molar-refractivity contribution in [3.8, 4) is 11.5 Å². The van der Waals surface area contributed by atoms with Gasteiger partial charge in [0, 0.05) is 37.6 Å². The number of carboxylic acids is 1. The zero-order chi connectivity index (χ0) is 28.8. The number of aryl methyl sites for hydroxylation is 1. The van der Waals surface area contributed by atoms with Crippen LogP contribution in [0.2, 0.25) is 5.02 Å². The summed E-state index contributed by atoms with van der Waals surface area (Å²) >= 11 is 6.09. The Labute approximate surface area is 227 Å². The Morgan fingerprint density at radius 2 is 1.85 bits per heavy atom. The molecule has 3 N–H and O–H groups in total. The Morgan fingerprint density at radius 3 is 2.46 bits per heavy atom. The van der Waals surface area contributed by atoms with Crippen LogP contribution in [-0.2, 0) is 16.0 Å². The highest BCUT2D eigenvalue weighted by Gasteiger charge is 2.40. The molecule has 1 amide bonds. The molecule has 4 rings (SSSR count). The minimum Gasteiger partial charge on any atom is -0.489 e. The molecule has 214 valence electrons. The van der Waals surface area contributed by atoms with Crippen molar-refractivity contribution in [1.29, 1.82) is 0 Å². The molecular weight excluding hydrogens is 548 g/mol. The summed E-state index contributed by atoms with van der Waals surface area (Å²) in [5.41, 5.74) is 1.38. The molecule has 2 aliphatic rings. The van der Waals surface area contributed by atoms with Crippen molar-refractivity contribution in [2.24, 2.45) is 0 Å². The van der Waals surface area contributed by atoms with E-state index in [1.807, 2.05) is 18.2 Å². The summed E-state index contributed by atoms with van der Waals surface area (Å²) in [7, 11) is 0. The highest BCUT2D eigenvalue weighted by atomic mass is 35.5. The SMILES string of the molecule is CC(=O)Nc1ccc(F)cc1OC[C@@H](O)CN1CCC2(CCc3cc(Cl)ccc3O2)CC1.O=C(O)C(F)(F)F. The van der Waals surface area contributed by atoms with Crippen LogP contribution in [0.1, 0.15) is 31.7 Å². The van der Waals surface area contributed by atoms with E-state index in [1.165, 1.54) is 25.1 Å². The van der Waals surface area contributed by atoms with Crippen molar-refractivity contribution in [1.82, 2.24) is 4.90 Å². The van der Waals surface area contributed by atoms with E-state index in [2.05, 4.69) is 10.2 Å². The molecule has 0 aromatic heterocycles. The molecule has 8 nitrogen and oxygen atoms in total. The number of alkyl halides is 3. The number of hydrogen-bond donors (Lipinski definition) is 3. The Bertz CT molecular complexity index is 1170. The van der Waals surface area contributed by atoms with Gasteiger partial charge in [-0.25, -0.2) is 9.18 Å². The number of piperidine rings is 1. The summed E-state index contributed by atoms with van der Waals surface area (Å²) < 4.78 is 57.3. The van der Waals surface area contributed by atoms with Crippen molar-refractivity contribution in [3.63, 3.8) is 0 Å². The molecule has 13 heteroatoms. The number of aliphatic carboxylic acids is 1. The van der Waals surface area contributed by atoms with Crippen LogP contribution >= 0.6 is 11.6 Å².